The molecule has 10 heteroatoms. The van der Waals surface area contributed by atoms with Crippen LogP contribution in [0.4, 0.5) is 0 Å². The molecule has 0 bridgehead atoms. The first-order valence-corrected chi connectivity index (χ1v) is 10.7. The average molecular weight is 543 g/mol. The fourth-order valence-electron chi connectivity index (χ4n) is 3.52. The summed E-state index contributed by atoms with van der Waals surface area (Å²) in [5.41, 5.74) is 0.681. The molecule has 1 unspecified atom stereocenters. The minimum Gasteiger partial charge on any atom is -0.379 e. The average Bonchev–Trinajstić information content (AvgIpc) is 3.25. The molecule has 0 aromatic carbocycles. The summed E-state index contributed by atoms with van der Waals surface area (Å²) in [6, 6.07) is 6.07. The summed E-state index contributed by atoms with van der Waals surface area (Å²) in [6.45, 7) is 9.65. The summed E-state index contributed by atoms with van der Waals surface area (Å²) in [7, 11) is 1.79. The minimum atomic E-state index is 0. The van der Waals surface area contributed by atoms with Crippen molar-refractivity contribution in [1.29, 1.82) is 0 Å². The number of morpholine rings is 1. The van der Waals surface area contributed by atoms with Gasteiger partial charge in [0.05, 0.1) is 13.2 Å². The van der Waals surface area contributed by atoms with Crippen molar-refractivity contribution in [2.45, 2.75) is 32.7 Å². The van der Waals surface area contributed by atoms with Crippen LogP contribution in [0.1, 0.15) is 26.1 Å². The SMILES string of the molecule is CN=C(NCCc1noc(-c2ccccn2)n1)NCC(CC(C)C)N1CCOCC1.I. The monoisotopic (exact) mass is 543 g/mol. The van der Waals surface area contributed by atoms with Crippen molar-refractivity contribution >= 4 is 29.9 Å². The molecule has 2 aromatic heterocycles. The van der Waals surface area contributed by atoms with E-state index in [1.54, 1.807) is 13.2 Å². The van der Waals surface area contributed by atoms with Crippen LogP contribution in [-0.4, -0.2) is 78.5 Å². The lowest BCUT2D eigenvalue weighted by molar-refractivity contribution is 0.0132. The van der Waals surface area contributed by atoms with E-state index in [9.17, 15) is 0 Å². The maximum absolute atomic E-state index is 5.51. The van der Waals surface area contributed by atoms with Crippen LogP contribution in [-0.2, 0) is 11.2 Å². The normalized spacial score (nSPS) is 16.1. The van der Waals surface area contributed by atoms with Gasteiger partial charge in [0.2, 0.25) is 0 Å². The summed E-state index contributed by atoms with van der Waals surface area (Å²) < 4.78 is 10.8. The van der Waals surface area contributed by atoms with Crippen molar-refractivity contribution in [2.24, 2.45) is 10.9 Å². The van der Waals surface area contributed by atoms with Crippen molar-refractivity contribution < 1.29 is 9.26 Å². The van der Waals surface area contributed by atoms with Gasteiger partial charge in [-0.1, -0.05) is 25.1 Å². The van der Waals surface area contributed by atoms with Gasteiger partial charge >= 0.3 is 0 Å². The molecule has 9 nitrogen and oxygen atoms in total. The first-order chi connectivity index (χ1) is 14.7. The number of hydrogen-bond acceptors (Lipinski definition) is 7. The second kappa shape index (κ2) is 13.6. The predicted octanol–water partition coefficient (Wildman–Crippen LogP) is 2.20. The first kappa shape index (κ1) is 25.5. The molecule has 3 heterocycles. The van der Waals surface area contributed by atoms with Crippen LogP contribution in [0.2, 0.25) is 0 Å². The Morgan fingerprint density at radius 3 is 2.71 bits per heavy atom. The lowest BCUT2D eigenvalue weighted by Gasteiger charge is -2.35. The third-order valence-electron chi connectivity index (χ3n) is 5.03. The topological polar surface area (TPSA) is 101 Å². The molecule has 0 saturated carbocycles. The van der Waals surface area contributed by atoms with E-state index < -0.39 is 0 Å². The van der Waals surface area contributed by atoms with Crippen LogP contribution in [0.3, 0.4) is 0 Å². The smallest absolute Gasteiger partial charge is 0.276 e. The van der Waals surface area contributed by atoms with E-state index in [1.807, 2.05) is 18.2 Å². The Bertz CT molecular complexity index is 779. The number of aliphatic imine (C=N–C) groups is 1. The number of pyridine rings is 1. The second-order valence-corrected chi connectivity index (χ2v) is 7.79. The van der Waals surface area contributed by atoms with E-state index in [0.717, 1.165) is 45.2 Å². The molecule has 0 amide bonds. The van der Waals surface area contributed by atoms with Gasteiger partial charge in [0.1, 0.15) is 5.69 Å². The molecule has 2 aromatic rings. The van der Waals surface area contributed by atoms with Gasteiger partial charge in [-0.25, -0.2) is 0 Å². The molecule has 0 aliphatic carbocycles. The van der Waals surface area contributed by atoms with E-state index >= 15 is 0 Å². The van der Waals surface area contributed by atoms with E-state index in [0.29, 0.717) is 42.3 Å². The number of nitrogens with one attached hydrogen (secondary N) is 2. The van der Waals surface area contributed by atoms with Gasteiger partial charge in [-0.15, -0.1) is 24.0 Å². The predicted molar refractivity (Wildman–Crippen MR) is 132 cm³/mol. The Balaban J connectivity index is 0.00000341. The quantitative estimate of drug-likeness (QED) is 0.282. The summed E-state index contributed by atoms with van der Waals surface area (Å²) in [4.78, 5) is 15.5. The first-order valence-electron chi connectivity index (χ1n) is 10.7. The van der Waals surface area contributed by atoms with Gasteiger partial charge in [0.25, 0.3) is 5.89 Å². The van der Waals surface area contributed by atoms with Crippen molar-refractivity contribution in [1.82, 2.24) is 30.7 Å². The molecule has 3 rings (SSSR count). The minimum absolute atomic E-state index is 0. The summed E-state index contributed by atoms with van der Waals surface area (Å²) in [5.74, 6) is 2.51. The Hall–Kier alpha value is -1.79. The Kier molecular flexibility index (Phi) is 11.2. The number of hydrogen-bond donors (Lipinski definition) is 2. The molecule has 0 radical (unpaired) electrons. The molecule has 1 aliphatic heterocycles. The Morgan fingerprint density at radius 2 is 2.03 bits per heavy atom. The van der Waals surface area contributed by atoms with E-state index in [1.165, 1.54) is 0 Å². The maximum atomic E-state index is 5.51. The molecule has 1 fully saturated rings. The lowest BCUT2D eigenvalue weighted by atomic mass is 10.0. The van der Waals surface area contributed by atoms with Crippen molar-refractivity contribution in [2.75, 3.05) is 46.4 Å². The van der Waals surface area contributed by atoms with Crippen LogP contribution < -0.4 is 10.6 Å². The highest BCUT2D eigenvalue weighted by molar-refractivity contribution is 14.0. The van der Waals surface area contributed by atoms with E-state index in [-0.39, 0.29) is 24.0 Å². The summed E-state index contributed by atoms with van der Waals surface area (Å²) in [5, 5.41) is 10.8. The van der Waals surface area contributed by atoms with Crippen LogP contribution in [0.25, 0.3) is 11.6 Å². The molecular weight excluding hydrogens is 509 g/mol. The number of ether oxygens (including phenoxy) is 1. The van der Waals surface area contributed by atoms with Crippen molar-refractivity contribution in [3.8, 4) is 11.6 Å². The highest BCUT2D eigenvalue weighted by Crippen LogP contribution is 2.14. The molecule has 172 valence electrons. The van der Waals surface area contributed by atoms with Crippen molar-refractivity contribution in [3.63, 3.8) is 0 Å². The van der Waals surface area contributed by atoms with Gasteiger partial charge < -0.3 is 19.9 Å². The third kappa shape index (κ3) is 8.34. The number of aromatic nitrogens is 3. The molecule has 2 N–H and O–H groups in total. The lowest BCUT2D eigenvalue weighted by Crippen LogP contribution is -2.51. The van der Waals surface area contributed by atoms with Gasteiger partial charge in [-0.2, -0.15) is 4.98 Å². The zero-order valence-electron chi connectivity index (χ0n) is 18.6. The zero-order chi connectivity index (χ0) is 21.2. The fraction of sp³-hybridized carbons (Fsp3) is 0.619. The van der Waals surface area contributed by atoms with Crippen LogP contribution in [0.5, 0.6) is 0 Å². The number of nitrogens with zero attached hydrogens (tertiary/aromatic N) is 5. The van der Waals surface area contributed by atoms with Gasteiger partial charge in [-0.3, -0.25) is 14.9 Å². The standard InChI is InChI=1S/C21H33N7O2.HI/c1-16(2)14-17(28-10-12-29-13-11-28)15-25-21(22-3)24-9-7-19-26-20(30-27-19)18-6-4-5-8-23-18;/h4-6,8,16-17H,7,9-15H2,1-3H3,(H2,22,24,25);1H. The number of guanidine groups is 1. The molecular formula is C21H34IN7O2. The second-order valence-electron chi connectivity index (χ2n) is 7.79. The molecule has 31 heavy (non-hydrogen) atoms. The fourth-order valence-corrected chi connectivity index (χ4v) is 3.52. The summed E-state index contributed by atoms with van der Waals surface area (Å²) in [6.07, 6.45) is 3.49. The molecule has 1 saturated heterocycles. The molecule has 0 spiro atoms. The van der Waals surface area contributed by atoms with Gasteiger partial charge in [0.15, 0.2) is 11.8 Å². The molecule has 1 atom stereocenters. The van der Waals surface area contributed by atoms with E-state index in [4.69, 9.17) is 9.26 Å². The molecule has 1 aliphatic rings. The van der Waals surface area contributed by atoms with Crippen LogP contribution >= 0.6 is 24.0 Å². The number of halogens is 1. The third-order valence-corrected chi connectivity index (χ3v) is 5.03. The highest BCUT2D eigenvalue weighted by Gasteiger charge is 2.22. The maximum Gasteiger partial charge on any atom is 0.276 e. The van der Waals surface area contributed by atoms with Crippen molar-refractivity contribution in [3.05, 3.63) is 30.2 Å². The Labute approximate surface area is 201 Å². The van der Waals surface area contributed by atoms with E-state index in [2.05, 4.69) is 49.5 Å². The highest BCUT2D eigenvalue weighted by atomic mass is 127. The van der Waals surface area contributed by atoms with Crippen LogP contribution in [0, 0.1) is 5.92 Å². The summed E-state index contributed by atoms with van der Waals surface area (Å²) >= 11 is 0. The van der Waals surface area contributed by atoms with Gasteiger partial charge in [-0.05, 0) is 24.5 Å². The largest absolute Gasteiger partial charge is 0.379 e. The van der Waals surface area contributed by atoms with Crippen LogP contribution in [0.15, 0.2) is 33.9 Å². The Morgan fingerprint density at radius 1 is 1.23 bits per heavy atom. The van der Waals surface area contributed by atoms with Gasteiger partial charge in [0, 0.05) is 51.9 Å². The number of rotatable bonds is 9. The zero-order valence-corrected chi connectivity index (χ0v) is 20.9.